The molecule has 3 aliphatic heterocycles. The lowest BCUT2D eigenvalue weighted by Gasteiger charge is -2.25. The van der Waals surface area contributed by atoms with Crippen LogP contribution in [-0.2, 0) is 32.3 Å². The monoisotopic (exact) mass is 521 g/mol. The second kappa shape index (κ2) is 9.65. The van der Waals surface area contributed by atoms with Crippen LogP contribution in [0, 0.1) is 11.8 Å². The molecule has 0 radical (unpaired) electrons. The topological polar surface area (TPSA) is 72.9 Å². The summed E-state index contributed by atoms with van der Waals surface area (Å²) in [6, 6.07) is 2.61. The Morgan fingerprint density at radius 1 is 1.08 bits per heavy atom. The van der Waals surface area contributed by atoms with Crippen LogP contribution in [0.1, 0.15) is 54.1 Å². The molecule has 2 unspecified atom stereocenters. The number of rotatable bonds is 3. The SMILES string of the molecule is CC1OCc2c(cc(S(C)(=O)=O)cc2C(=O)N2CC3=CC=C(C4CCOCC4)CCC3C2)CC1(F)F. The summed E-state index contributed by atoms with van der Waals surface area (Å²) in [4.78, 5) is 15.3. The van der Waals surface area contributed by atoms with Crippen LogP contribution in [0.15, 0.2) is 40.3 Å². The Balaban J connectivity index is 1.44. The van der Waals surface area contributed by atoms with Crippen LogP contribution in [0.25, 0.3) is 0 Å². The number of hydrogen-bond donors (Lipinski definition) is 0. The van der Waals surface area contributed by atoms with Gasteiger partial charge in [-0.2, -0.15) is 0 Å². The summed E-state index contributed by atoms with van der Waals surface area (Å²) in [6.45, 7) is 3.73. The first kappa shape index (κ1) is 25.5. The van der Waals surface area contributed by atoms with Gasteiger partial charge in [-0.3, -0.25) is 4.79 Å². The van der Waals surface area contributed by atoms with E-state index in [1.165, 1.54) is 30.2 Å². The van der Waals surface area contributed by atoms with Gasteiger partial charge in [-0.15, -0.1) is 0 Å². The first-order valence-corrected chi connectivity index (χ1v) is 14.5. The Morgan fingerprint density at radius 2 is 1.81 bits per heavy atom. The number of hydrogen-bond acceptors (Lipinski definition) is 5. The van der Waals surface area contributed by atoms with E-state index >= 15 is 0 Å². The third-order valence-electron chi connectivity index (χ3n) is 8.14. The molecule has 0 aromatic heterocycles. The number of ether oxygens (including phenoxy) is 2. The number of sulfone groups is 1. The lowest BCUT2D eigenvalue weighted by molar-refractivity contribution is -0.127. The molecule has 0 spiro atoms. The molecule has 6 nitrogen and oxygen atoms in total. The van der Waals surface area contributed by atoms with Gasteiger partial charge in [0, 0.05) is 44.5 Å². The second-order valence-electron chi connectivity index (χ2n) is 10.6. The normalized spacial score (nSPS) is 26.8. The highest BCUT2D eigenvalue weighted by Gasteiger charge is 2.42. The van der Waals surface area contributed by atoms with Gasteiger partial charge in [0.05, 0.1) is 11.5 Å². The molecule has 4 aliphatic rings. The van der Waals surface area contributed by atoms with Crippen LogP contribution >= 0.6 is 0 Å². The fourth-order valence-electron chi connectivity index (χ4n) is 5.80. The summed E-state index contributed by atoms with van der Waals surface area (Å²) in [7, 11) is -3.71. The van der Waals surface area contributed by atoms with Gasteiger partial charge in [0.15, 0.2) is 9.84 Å². The third-order valence-corrected chi connectivity index (χ3v) is 9.23. The number of fused-ring (bicyclic) bond motifs is 2. The molecule has 196 valence electrons. The Hall–Kier alpha value is -2.10. The van der Waals surface area contributed by atoms with E-state index in [0.717, 1.165) is 45.2 Å². The number of likely N-dealkylation sites (tertiary alicyclic amines) is 1. The minimum absolute atomic E-state index is 0.119. The summed E-state index contributed by atoms with van der Waals surface area (Å²) in [6.07, 6.45) is 7.41. The first-order chi connectivity index (χ1) is 17.0. The summed E-state index contributed by atoms with van der Waals surface area (Å²) in [5, 5.41) is 0. The van der Waals surface area contributed by atoms with E-state index in [1.807, 2.05) is 0 Å². The Morgan fingerprint density at radius 3 is 2.53 bits per heavy atom. The second-order valence-corrected chi connectivity index (χ2v) is 12.6. The highest BCUT2D eigenvalue weighted by molar-refractivity contribution is 7.90. The summed E-state index contributed by atoms with van der Waals surface area (Å²) in [5.74, 6) is -2.70. The van der Waals surface area contributed by atoms with Crippen molar-refractivity contribution in [2.75, 3.05) is 32.6 Å². The van der Waals surface area contributed by atoms with Gasteiger partial charge in [0.25, 0.3) is 11.8 Å². The maximum atomic E-state index is 14.6. The van der Waals surface area contributed by atoms with Gasteiger partial charge in [0.1, 0.15) is 6.10 Å². The lowest BCUT2D eigenvalue weighted by Crippen LogP contribution is -2.33. The van der Waals surface area contributed by atoms with Crippen molar-refractivity contribution in [3.63, 3.8) is 0 Å². The van der Waals surface area contributed by atoms with Gasteiger partial charge in [-0.05, 0) is 73.3 Å². The van der Waals surface area contributed by atoms with Gasteiger partial charge in [-0.1, -0.05) is 17.7 Å². The molecule has 0 N–H and O–H groups in total. The Kier molecular flexibility index (Phi) is 6.85. The van der Waals surface area contributed by atoms with Gasteiger partial charge < -0.3 is 14.4 Å². The number of halogens is 2. The van der Waals surface area contributed by atoms with E-state index in [2.05, 4.69) is 12.2 Å². The molecule has 1 aromatic rings. The molecule has 1 amide bonds. The minimum atomic E-state index is -3.71. The smallest absolute Gasteiger partial charge is 0.277 e. The Labute approximate surface area is 211 Å². The van der Waals surface area contributed by atoms with Crippen molar-refractivity contribution in [2.45, 2.75) is 62.6 Å². The molecule has 5 rings (SSSR count). The zero-order valence-electron chi connectivity index (χ0n) is 20.8. The van der Waals surface area contributed by atoms with Crippen LogP contribution in [0.5, 0.6) is 0 Å². The molecule has 2 fully saturated rings. The number of amides is 1. The molecule has 1 aromatic carbocycles. The third kappa shape index (κ3) is 5.02. The fourth-order valence-corrected chi connectivity index (χ4v) is 6.49. The zero-order chi connectivity index (χ0) is 25.7. The molecule has 9 heteroatoms. The largest absolute Gasteiger partial charge is 0.381 e. The highest BCUT2D eigenvalue weighted by Crippen LogP contribution is 2.38. The average Bonchev–Trinajstić information content (AvgIpc) is 3.08. The van der Waals surface area contributed by atoms with Gasteiger partial charge >= 0.3 is 0 Å². The van der Waals surface area contributed by atoms with Gasteiger partial charge in [0.2, 0.25) is 0 Å². The molecular formula is C27H33F2NO5S. The van der Waals surface area contributed by atoms with Crippen molar-refractivity contribution in [3.8, 4) is 0 Å². The molecular weight excluding hydrogens is 488 g/mol. The minimum Gasteiger partial charge on any atom is -0.381 e. The van der Waals surface area contributed by atoms with E-state index in [0.29, 0.717) is 24.6 Å². The number of nitrogens with zero attached hydrogens (tertiary/aromatic N) is 1. The van der Waals surface area contributed by atoms with Crippen LogP contribution in [0.3, 0.4) is 0 Å². The van der Waals surface area contributed by atoms with Crippen molar-refractivity contribution in [1.82, 2.24) is 4.90 Å². The Bertz CT molecular complexity index is 1220. The van der Waals surface area contributed by atoms with E-state index in [1.54, 1.807) is 4.90 Å². The number of allylic oxidation sites excluding steroid dienone is 3. The molecule has 1 aliphatic carbocycles. The van der Waals surface area contributed by atoms with Crippen LogP contribution in [-0.4, -0.2) is 63.8 Å². The number of alkyl halides is 2. The fraction of sp³-hybridized carbons (Fsp3) is 0.593. The van der Waals surface area contributed by atoms with Crippen molar-refractivity contribution in [1.29, 1.82) is 0 Å². The van der Waals surface area contributed by atoms with Crippen molar-refractivity contribution >= 4 is 15.7 Å². The summed E-state index contributed by atoms with van der Waals surface area (Å²) < 4.78 is 64.9. The predicted octanol–water partition coefficient (Wildman–Crippen LogP) is 4.33. The van der Waals surface area contributed by atoms with Crippen molar-refractivity contribution in [3.05, 3.63) is 52.1 Å². The van der Waals surface area contributed by atoms with Crippen molar-refractivity contribution in [2.24, 2.45) is 11.8 Å². The number of benzene rings is 1. The van der Waals surface area contributed by atoms with Crippen molar-refractivity contribution < 1.29 is 31.5 Å². The molecule has 0 bridgehead atoms. The lowest BCUT2D eigenvalue weighted by atomic mass is 9.87. The molecule has 3 heterocycles. The number of carbonyl (C=O) groups excluding carboxylic acids is 1. The quantitative estimate of drug-likeness (QED) is 0.592. The van der Waals surface area contributed by atoms with E-state index in [9.17, 15) is 22.0 Å². The van der Waals surface area contributed by atoms with Crippen LogP contribution < -0.4 is 0 Å². The highest BCUT2D eigenvalue weighted by atomic mass is 32.2. The predicted molar refractivity (Wildman–Crippen MR) is 131 cm³/mol. The van der Waals surface area contributed by atoms with Crippen LogP contribution in [0.2, 0.25) is 0 Å². The van der Waals surface area contributed by atoms with E-state index in [4.69, 9.17) is 9.47 Å². The van der Waals surface area contributed by atoms with E-state index < -0.39 is 28.3 Å². The molecule has 2 saturated heterocycles. The zero-order valence-corrected chi connectivity index (χ0v) is 21.6. The maximum absolute atomic E-state index is 14.6. The first-order valence-electron chi connectivity index (χ1n) is 12.6. The maximum Gasteiger partial charge on any atom is 0.277 e. The molecule has 2 atom stereocenters. The van der Waals surface area contributed by atoms with Gasteiger partial charge in [-0.25, -0.2) is 17.2 Å². The summed E-state index contributed by atoms with van der Waals surface area (Å²) >= 11 is 0. The molecule has 0 saturated carbocycles. The van der Waals surface area contributed by atoms with Crippen LogP contribution in [0.4, 0.5) is 8.78 Å². The number of carbonyl (C=O) groups is 1. The standard InChI is InChI=1S/C27H33F2NO5S/c1-17-27(28,29)13-22-11-23(36(2,32)33)12-24(25(22)16-35-17)26(31)30-14-20-5-3-18(4-6-21(20)15-30)19-7-9-34-10-8-19/h3,5,11-12,17,19,21H,4,6-10,13-16H2,1-2H3. The molecule has 36 heavy (non-hydrogen) atoms. The summed E-state index contributed by atoms with van der Waals surface area (Å²) in [5.41, 5.74) is 3.31. The van der Waals surface area contributed by atoms with E-state index in [-0.39, 0.29) is 34.5 Å². The average molecular weight is 522 g/mol.